The second kappa shape index (κ2) is 11.6. The smallest absolute Gasteiger partial charge is 0.150 e. The average molecular weight is 424 g/mol. The van der Waals surface area contributed by atoms with E-state index in [2.05, 4.69) is 55.8 Å². The van der Waals surface area contributed by atoms with Gasteiger partial charge in [0.1, 0.15) is 11.5 Å². The van der Waals surface area contributed by atoms with Crippen molar-refractivity contribution < 1.29 is 0 Å². The fraction of sp³-hybridized carbons (Fsp3) is 0.615. The zero-order chi connectivity index (χ0) is 22.2. The molecule has 0 aliphatic carbocycles. The molecular formula is C26H41N5. The predicted molar refractivity (Wildman–Crippen MR) is 135 cm³/mol. The number of anilines is 1. The fourth-order valence-electron chi connectivity index (χ4n) is 4.43. The molecule has 1 fully saturated rings. The molecule has 0 saturated carbocycles. The molecule has 170 valence electrons. The molecule has 3 rings (SSSR count). The number of aliphatic imine (C=N–C) groups is 1. The molecule has 5 nitrogen and oxygen atoms in total. The van der Waals surface area contributed by atoms with Crippen LogP contribution < -0.4 is 5.73 Å². The lowest BCUT2D eigenvalue weighted by molar-refractivity contribution is 0.153. The number of aryl methyl sites for hydroxylation is 2. The maximum atomic E-state index is 6.39. The first kappa shape index (κ1) is 23.7. The Morgan fingerprint density at radius 3 is 2.55 bits per heavy atom. The normalized spacial score (nSPS) is 16.3. The molecule has 0 atom stereocenters. The predicted octanol–water partition coefficient (Wildman–Crippen LogP) is 5.37. The number of piperazine rings is 1. The Labute approximate surface area is 188 Å². The van der Waals surface area contributed by atoms with E-state index < -0.39 is 0 Å². The van der Waals surface area contributed by atoms with E-state index in [9.17, 15) is 0 Å². The Morgan fingerprint density at radius 1 is 1.06 bits per heavy atom. The van der Waals surface area contributed by atoms with Crippen LogP contribution in [-0.4, -0.2) is 60.3 Å². The molecule has 1 saturated heterocycles. The quantitative estimate of drug-likeness (QED) is 0.522. The molecule has 5 heteroatoms. The van der Waals surface area contributed by atoms with Gasteiger partial charge in [-0.05, 0) is 69.8 Å². The van der Waals surface area contributed by atoms with Crippen LogP contribution in [0.1, 0.15) is 63.5 Å². The minimum absolute atomic E-state index is 0.560. The van der Waals surface area contributed by atoms with Crippen LogP contribution in [0.25, 0.3) is 10.9 Å². The van der Waals surface area contributed by atoms with Crippen molar-refractivity contribution >= 4 is 28.1 Å². The summed E-state index contributed by atoms with van der Waals surface area (Å²) in [7, 11) is 2.21. The van der Waals surface area contributed by atoms with Gasteiger partial charge in [0, 0.05) is 37.3 Å². The van der Waals surface area contributed by atoms with Crippen LogP contribution in [0.3, 0.4) is 0 Å². The molecule has 0 bridgehead atoms. The van der Waals surface area contributed by atoms with Gasteiger partial charge in [0.15, 0.2) is 0 Å². The molecule has 1 aromatic heterocycles. The number of benzene rings is 1. The highest BCUT2D eigenvalue weighted by molar-refractivity contribution is 5.94. The molecule has 2 N–H and O–H groups in total. The van der Waals surface area contributed by atoms with E-state index in [1.54, 1.807) is 0 Å². The van der Waals surface area contributed by atoms with Gasteiger partial charge in [-0.25, -0.2) is 4.98 Å². The summed E-state index contributed by atoms with van der Waals surface area (Å²) in [6.07, 6.45) is 7.82. The number of unbranched alkanes of at least 4 members (excludes halogenated alkanes) is 1. The molecule has 2 heterocycles. The Hall–Kier alpha value is -1.98. The maximum Gasteiger partial charge on any atom is 0.150 e. The summed E-state index contributed by atoms with van der Waals surface area (Å²) in [5, 5.41) is 1.17. The summed E-state index contributed by atoms with van der Waals surface area (Å²) in [6, 6.07) is 6.70. The molecular weight excluding hydrogens is 382 g/mol. The van der Waals surface area contributed by atoms with Crippen molar-refractivity contribution in [3.8, 4) is 0 Å². The average Bonchev–Trinajstić information content (AvgIpc) is 2.76. The van der Waals surface area contributed by atoms with Crippen molar-refractivity contribution in [2.45, 2.75) is 65.7 Å². The largest absolute Gasteiger partial charge is 0.382 e. The van der Waals surface area contributed by atoms with Crippen LogP contribution in [0.4, 0.5) is 11.5 Å². The third-order valence-corrected chi connectivity index (χ3v) is 6.47. The lowest BCUT2D eigenvalue weighted by Gasteiger charge is -2.32. The number of likely N-dealkylation sites (N-methyl/N-ethyl adjacent to an activating group) is 1. The lowest BCUT2D eigenvalue weighted by Crippen LogP contribution is -2.44. The molecule has 0 spiro atoms. The van der Waals surface area contributed by atoms with E-state index in [-0.39, 0.29) is 0 Å². The van der Waals surface area contributed by atoms with E-state index in [0.717, 1.165) is 42.5 Å². The summed E-state index contributed by atoms with van der Waals surface area (Å²) >= 11 is 0. The molecule has 1 aliphatic rings. The summed E-state index contributed by atoms with van der Waals surface area (Å²) in [5.74, 6) is 0.560. The van der Waals surface area contributed by atoms with Crippen molar-refractivity contribution in [3.63, 3.8) is 0 Å². The molecule has 0 amide bonds. The van der Waals surface area contributed by atoms with E-state index in [1.165, 1.54) is 68.6 Å². The van der Waals surface area contributed by atoms with Gasteiger partial charge in [-0.3, -0.25) is 4.99 Å². The highest BCUT2D eigenvalue weighted by Gasteiger charge is 2.14. The zero-order valence-electron chi connectivity index (χ0n) is 20.1. The SMILES string of the molecule is CCCCC(CCC)=Nc1c(N)nc2cc(CCCN3CCN(C)CC3)ccc2c1C. The first-order valence-electron chi connectivity index (χ1n) is 12.2. The van der Waals surface area contributed by atoms with Gasteiger partial charge in [0.2, 0.25) is 0 Å². The van der Waals surface area contributed by atoms with Gasteiger partial charge < -0.3 is 15.5 Å². The second-order valence-electron chi connectivity index (χ2n) is 9.10. The first-order chi connectivity index (χ1) is 15.0. The number of nitrogens with two attached hydrogens (primary N) is 1. The minimum atomic E-state index is 0.560. The van der Waals surface area contributed by atoms with Gasteiger partial charge in [0.25, 0.3) is 0 Å². The van der Waals surface area contributed by atoms with Crippen molar-refractivity contribution in [2.24, 2.45) is 4.99 Å². The van der Waals surface area contributed by atoms with Gasteiger partial charge in [-0.2, -0.15) is 0 Å². The van der Waals surface area contributed by atoms with Crippen LogP contribution in [0.5, 0.6) is 0 Å². The number of pyridine rings is 1. The van der Waals surface area contributed by atoms with Crippen LogP contribution in [0, 0.1) is 6.92 Å². The van der Waals surface area contributed by atoms with Crippen LogP contribution in [-0.2, 0) is 6.42 Å². The third-order valence-electron chi connectivity index (χ3n) is 6.47. The number of rotatable bonds is 10. The summed E-state index contributed by atoms with van der Waals surface area (Å²) < 4.78 is 0. The van der Waals surface area contributed by atoms with Crippen LogP contribution in [0.2, 0.25) is 0 Å². The number of fused-ring (bicyclic) bond motifs is 1. The minimum Gasteiger partial charge on any atom is -0.382 e. The molecule has 0 radical (unpaired) electrons. The zero-order valence-corrected chi connectivity index (χ0v) is 20.1. The Bertz CT molecular complexity index is 881. The van der Waals surface area contributed by atoms with Crippen molar-refractivity contribution in [1.82, 2.24) is 14.8 Å². The van der Waals surface area contributed by atoms with E-state index in [4.69, 9.17) is 15.7 Å². The molecule has 1 aliphatic heterocycles. The third kappa shape index (κ3) is 6.50. The van der Waals surface area contributed by atoms with Crippen LogP contribution >= 0.6 is 0 Å². The highest BCUT2D eigenvalue weighted by Crippen LogP contribution is 2.32. The fourth-order valence-corrected chi connectivity index (χ4v) is 4.43. The van der Waals surface area contributed by atoms with Crippen molar-refractivity contribution in [2.75, 3.05) is 45.5 Å². The topological polar surface area (TPSA) is 57.8 Å². The summed E-state index contributed by atoms with van der Waals surface area (Å²) in [5.41, 5.74) is 12.0. The van der Waals surface area contributed by atoms with Gasteiger partial charge in [-0.15, -0.1) is 0 Å². The van der Waals surface area contributed by atoms with E-state index >= 15 is 0 Å². The van der Waals surface area contributed by atoms with Crippen molar-refractivity contribution in [1.29, 1.82) is 0 Å². The molecule has 2 aromatic rings. The number of nitrogens with zero attached hydrogens (tertiary/aromatic N) is 4. The Balaban J connectivity index is 1.72. The van der Waals surface area contributed by atoms with Gasteiger partial charge >= 0.3 is 0 Å². The lowest BCUT2D eigenvalue weighted by atomic mass is 10.0. The number of nitrogen functional groups attached to an aromatic ring is 1. The highest BCUT2D eigenvalue weighted by atomic mass is 15.2. The second-order valence-corrected chi connectivity index (χ2v) is 9.10. The van der Waals surface area contributed by atoms with Crippen LogP contribution in [0.15, 0.2) is 23.2 Å². The Morgan fingerprint density at radius 2 is 1.84 bits per heavy atom. The van der Waals surface area contributed by atoms with Gasteiger partial charge in [0.05, 0.1) is 5.52 Å². The number of aromatic nitrogens is 1. The molecule has 31 heavy (non-hydrogen) atoms. The number of hydrogen-bond acceptors (Lipinski definition) is 5. The monoisotopic (exact) mass is 423 g/mol. The van der Waals surface area contributed by atoms with E-state index in [0.29, 0.717) is 5.82 Å². The summed E-state index contributed by atoms with van der Waals surface area (Å²) in [6.45, 7) is 12.5. The standard InChI is InChI=1S/C26H41N5/c1-5-7-11-22(9-6-2)28-25-20(3)23-13-12-21(19-24(23)29-26(25)27)10-8-14-31-17-15-30(4)16-18-31/h12-13,19H,5-11,14-18H2,1-4H3,(H2,27,29). The molecule has 0 unspecified atom stereocenters. The van der Waals surface area contributed by atoms with E-state index in [1.807, 2.05) is 0 Å². The first-order valence-corrected chi connectivity index (χ1v) is 12.2. The molecule has 1 aromatic carbocycles. The Kier molecular flexibility index (Phi) is 8.85. The summed E-state index contributed by atoms with van der Waals surface area (Å²) in [4.78, 5) is 14.7. The maximum absolute atomic E-state index is 6.39. The van der Waals surface area contributed by atoms with Gasteiger partial charge in [-0.1, -0.05) is 38.8 Å². The number of hydrogen-bond donors (Lipinski definition) is 1. The van der Waals surface area contributed by atoms with Crippen molar-refractivity contribution in [3.05, 3.63) is 29.3 Å².